The summed E-state index contributed by atoms with van der Waals surface area (Å²) in [4.78, 5) is 9.33. The zero-order chi connectivity index (χ0) is 12.7. The van der Waals surface area contributed by atoms with E-state index < -0.39 is 0 Å². The predicted molar refractivity (Wildman–Crippen MR) is 82.6 cm³/mol. The van der Waals surface area contributed by atoms with E-state index in [0.717, 1.165) is 26.8 Å². The summed E-state index contributed by atoms with van der Waals surface area (Å²) < 4.78 is 0. The number of fused-ring (bicyclic) bond motifs is 3. The van der Waals surface area contributed by atoms with Crippen LogP contribution < -0.4 is 0 Å². The molecule has 3 aromatic rings. The van der Waals surface area contributed by atoms with E-state index in [0.29, 0.717) is 0 Å². The normalized spacial score (nSPS) is 15.7. The summed E-state index contributed by atoms with van der Waals surface area (Å²) in [6.45, 7) is 0. The molecule has 0 atom stereocenters. The van der Waals surface area contributed by atoms with Gasteiger partial charge in [0.05, 0.1) is 16.1 Å². The summed E-state index contributed by atoms with van der Waals surface area (Å²) in [6.07, 6.45) is 6.02. The third kappa shape index (κ3) is 1.74. The molecular formula is C16H12N2S. The molecule has 4 rings (SSSR count). The summed E-state index contributed by atoms with van der Waals surface area (Å²) in [7, 11) is -0.369. The number of nitrogens with zero attached hydrogens (tertiary/aromatic N) is 2. The minimum atomic E-state index is -0.369. The van der Waals surface area contributed by atoms with Crippen molar-refractivity contribution in [2.24, 2.45) is 0 Å². The number of thiol groups is 1. The summed E-state index contributed by atoms with van der Waals surface area (Å²) in [5.74, 6) is 0. The predicted octanol–water partition coefficient (Wildman–Crippen LogP) is 4.18. The van der Waals surface area contributed by atoms with Crippen LogP contribution in [-0.2, 0) is 0 Å². The Morgan fingerprint density at radius 1 is 0.789 bits per heavy atom. The molecule has 0 spiro atoms. The van der Waals surface area contributed by atoms with Crippen LogP contribution in [-0.4, -0.2) is 9.97 Å². The van der Waals surface area contributed by atoms with Crippen molar-refractivity contribution < 1.29 is 0 Å². The van der Waals surface area contributed by atoms with Crippen molar-refractivity contribution in [1.29, 1.82) is 0 Å². The molecule has 2 nitrogen and oxygen atoms in total. The van der Waals surface area contributed by atoms with E-state index in [-0.39, 0.29) is 10.9 Å². The number of allylic oxidation sites excluding steroid dienone is 2. The monoisotopic (exact) mass is 264 g/mol. The quantitative estimate of drug-likeness (QED) is 0.527. The van der Waals surface area contributed by atoms with Crippen molar-refractivity contribution in [3.63, 3.8) is 0 Å². The van der Waals surface area contributed by atoms with E-state index in [1.165, 1.54) is 0 Å². The first-order valence-electron chi connectivity index (χ1n) is 6.20. The van der Waals surface area contributed by atoms with Crippen molar-refractivity contribution in [3.05, 3.63) is 65.6 Å². The van der Waals surface area contributed by atoms with Gasteiger partial charge in [0, 0.05) is 17.0 Å². The van der Waals surface area contributed by atoms with Gasteiger partial charge >= 0.3 is 0 Å². The van der Waals surface area contributed by atoms with Gasteiger partial charge in [-0.3, -0.25) is 4.98 Å². The highest BCUT2D eigenvalue weighted by atomic mass is 32.2. The molecule has 3 heteroatoms. The third-order valence-electron chi connectivity index (χ3n) is 3.29. The number of benzene rings is 1. The first-order chi connectivity index (χ1) is 9.42. The lowest BCUT2D eigenvalue weighted by molar-refractivity contribution is 1.19. The van der Waals surface area contributed by atoms with Gasteiger partial charge in [0.25, 0.3) is 0 Å². The number of aromatic nitrogens is 2. The first kappa shape index (κ1) is 10.8. The van der Waals surface area contributed by atoms with Crippen LogP contribution in [0.1, 0.15) is 0 Å². The third-order valence-corrected chi connectivity index (χ3v) is 5.05. The van der Waals surface area contributed by atoms with Crippen molar-refractivity contribution in [1.82, 2.24) is 9.97 Å². The molecular weight excluding hydrogens is 252 g/mol. The van der Waals surface area contributed by atoms with Gasteiger partial charge in [0.2, 0.25) is 0 Å². The van der Waals surface area contributed by atoms with Crippen molar-refractivity contribution in [2.75, 3.05) is 0 Å². The van der Waals surface area contributed by atoms with Crippen molar-refractivity contribution >= 4 is 32.7 Å². The van der Waals surface area contributed by atoms with Gasteiger partial charge in [-0.25, -0.2) is 4.98 Å². The average Bonchev–Trinajstić information content (AvgIpc) is 3.01. The molecule has 3 heterocycles. The SMILES string of the molecule is C1=C[SH](c2ccc3ccc4cccnc4c3n2)C=C1. The molecule has 0 amide bonds. The lowest BCUT2D eigenvalue weighted by Crippen LogP contribution is -1.88. The zero-order valence-corrected chi connectivity index (χ0v) is 11.1. The second-order valence-corrected chi connectivity index (χ2v) is 6.34. The standard InChI is InChI=1S/C16H12N2S/c1-2-11-19(10-1)14-8-7-13-6-5-12-4-3-9-17-15(12)16(13)18-14/h1-11,19H. The van der Waals surface area contributed by atoms with E-state index in [1.807, 2.05) is 12.3 Å². The lowest BCUT2D eigenvalue weighted by Gasteiger charge is -2.10. The van der Waals surface area contributed by atoms with Crippen LogP contribution in [0, 0.1) is 0 Å². The summed E-state index contributed by atoms with van der Waals surface area (Å²) in [5.41, 5.74) is 2.00. The number of hydrogen-bond acceptors (Lipinski definition) is 2. The van der Waals surface area contributed by atoms with E-state index in [1.54, 1.807) is 0 Å². The van der Waals surface area contributed by atoms with Crippen LogP contribution in [0.5, 0.6) is 0 Å². The second-order valence-electron chi connectivity index (χ2n) is 4.47. The number of hydrogen-bond donors (Lipinski definition) is 1. The molecule has 2 aromatic heterocycles. The van der Waals surface area contributed by atoms with E-state index >= 15 is 0 Å². The molecule has 0 aliphatic carbocycles. The largest absolute Gasteiger partial charge is 0.254 e. The highest BCUT2D eigenvalue weighted by Crippen LogP contribution is 2.41. The smallest absolute Gasteiger partial charge is 0.0977 e. The van der Waals surface area contributed by atoms with Gasteiger partial charge in [0.1, 0.15) is 0 Å². The Morgan fingerprint density at radius 3 is 2.37 bits per heavy atom. The molecule has 1 aromatic carbocycles. The summed E-state index contributed by atoms with van der Waals surface area (Å²) in [6, 6.07) is 12.5. The molecule has 0 N–H and O–H groups in total. The van der Waals surface area contributed by atoms with Crippen LogP contribution in [0.2, 0.25) is 0 Å². The topological polar surface area (TPSA) is 25.8 Å². The molecule has 0 unspecified atom stereocenters. The van der Waals surface area contributed by atoms with Gasteiger partial charge in [-0.05, 0) is 22.9 Å². The van der Waals surface area contributed by atoms with Gasteiger partial charge < -0.3 is 0 Å². The average molecular weight is 264 g/mol. The Kier molecular flexibility index (Phi) is 2.38. The Labute approximate surface area is 113 Å². The van der Waals surface area contributed by atoms with Gasteiger partial charge in [-0.2, -0.15) is 10.9 Å². The summed E-state index contributed by atoms with van der Waals surface area (Å²) in [5, 5.41) is 7.89. The maximum atomic E-state index is 4.85. The maximum Gasteiger partial charge on any atom is 0.0977 e. The highest BCUT2D eigenvalue weighted by Gasteiger charge is 2.08. The molecule has 1 aliphatic heterocycles. The minimum absolute atomic E-state index is 0.369. The second kappa shape index (κ2) is 4.21. The van der Waals surface area contributed by atoms with Crippen LogP contribution in [0.15, 0.2) is 70.6 Å². The summed E-state index contributed by atoms with van der Waals surface area (Å²) >= 11 is 0. The number of pyridine rings is 2. The van der Waals surface area contributed by atoms with Crippen LogP contribution in [0.4, 0.5) is 0 Å². The molecule has 0 radical (unpaired) electrons. The Balaban J connectivity index is 2.02. The molecule has 0 fully saturated rings. The highest BCUT2D eigenvalue weighted by molar-refractivity contribution is 8.22. The van der Waals surface area contributed by atoms with Gasteiger partial charge in [0.15, 0.2) is 0 Å². The maximum absolute atomic E-state index is 4.85. The molecule has 0 saturated heterocycles. The fraction of sp³-hybridized carbons (Fsp3) is 0. The Bertz CT molecular complexity index is 824. The first-order valence-corrected chi connectivity index (χ1v) is 7.68. The van der Waals surface area contributed by atoms with Gasteiger partial charge in [-0.15, -0.1) is 0 Å². The van der Waals surface area contributed by atoms with Crippen molar-refractivity contribution in [3.8, 4) is 0 Å². The van der Waals surface area contributed by atoms with E-state index in [9.17, 15) is 0 Å². The molecule has 1 aliphatic rings. The molecule has 19 heavy (non-hydrogen) atoms. The van der Waals surface area contributed by atoms with Gasteiger partial charge in [-0.1, -0.05) is 36.4 Å². The number of rotatable bonds is 1. The van der Waals surface area contributed by atoms with E-state index in [2.05, 4.69) is 58.3 Å². The molecule has 0 saturated carbocycles. The van der Waals surface area contributed by atoms with Crippen molar-refractivity contribution in [2.45, 2.75) is 5.03 Å². The Hall–Kier alpha value is -2.13. The van der Waals surface area contributed by atoms with Crippen LogP contribution in [0.3, 0.4) is 0 Å². The van der Waals surface area contributed by atoms with Crippen LogP contribution >= 0.6 is 10.9 Å². The minimum Gasteiger partial charge on any atom is -0.254 e. The Morgan fingerprint density at radius 2 is 1.53 bits per heavy atom. The fourth-order valence-corrected chi connectivity index (χ4v) is 3.78. The fourth-order valence-electron chi connectivity index (χ4n) is 2.34. The molecule has 0 bridgehead atoms. The zero-order valence-electron chi connectivity index (χ0n) is 10.2. The van der Waals surface area contributed by atoms with Crippen LogP contribution in [0.25, 0.3) is 21.8 Å². The van der Waals surface area contributed by atoms with E-state index in [4.69, 9.17) is 4.98 Å². The lowest BCUT2D eigenvalue weighted by atomic mass is 10.1. The molecule has 92 valence electrons.